The summed E-state index contributed by atoms with van der Waals surface area (Å²) < 4.78 is 0. The standard InChI is InChI=1S/C19H32NP/c1-4-21(5-2,16-19-10-7-6-8-11-19)20-15-17(3)14-18-12-9-13-18/h6-8,10-11,18,20-21H,3-5,9,12-16H2,1-2H3. The molecule has 2 rings (SSSR count). The summed E-state index contributed by atoms with van der Waals surface area (Å²) in [6.07, 6.45) is 9.38. The normalized spacial score (nSPS) is 16.5. The van der Waals surface area contributed by atoms with Crippen molar-refractivity contribution < 1.29 is 0 Å². The van der Waals surface area contributed by atoms with E-state index in [0.29, 0.717) is 0 Å². The van der Waals surface area contributed by atoms with E-state index in [1.807, 2.05) is 0 Å². The van der Waals surface area contributed by atoms with Crippen molar-refractivity contribution in [1.82, 2.24) is 5.09 Å². The molecule has 1 N–H and O–H groups in total. The van der Waals surface area contributed by atoms with Crippen molar-refractivity contribution in [3.05, 3.63) is 48.0 Å². The van der Waals surface area contributed by atoms with E-state index in [0.717, 1.165) is 12.5 Å². The number of benzene rings is 1. The van der Waals surface area contributed by atoms with Gasteiger partial charge in [0.15, 0.2) is 0 Å². The minimum absolute atomic E-state index is 0.938. The summed E-state index contributed by atoms with van der Waals surface area (Å²) in [7, 11) is -1.40. The molecule has 0 saturated heterocycles. The molecule has 0 heterocycles. The monoisotopic (exact) mass is 305 g/mol. The van der Waals surface area contributed by atoms with Crippen LogP contribution in [0.5, 0.6) is 0 Å². The predicted octanol–water partition coefficient (Wildman–Crippen LogP) is 5.23. The molecule has 21 heavy (non-hydrogen) atoms. The predicted molar refractivity (Wildman–Crippen MR) is 98.6 cm³/mol. The van der Waals surface area contributed by atoms with Crippen LogP contribution in [0.4, 0.5) is 0 Å². The summed E-state index contributed by atoms with van der Waals surface area (Å²) in [5, 5.41) is 3.97. The first-order chi connectivity index (χ1) is 10.2. The molecule has 0 aliphatic heterocycles. The van der Waals surface area contributed by atoms with Crippen molar-refractivity contribution >= 4 is 7.41 Å². The van der Waals surface area contributed by atoms with Gasteiger partial charge in [0, 0.05) is 0 Å². The van der Waals surface area contributed by atoms with Crippen LogP contribution in [0.15, 0.2) is 42.5 Å². The van der Waals surface area contributed by atoms with E-state index in [1.165, 1.54) is 55.3 Å². The van der Waals surface area contributed by atoms with Crippen molar-refractivity contribution in [3.63, 3.8) is 0 Å². The second-order valence-corrected chi connectivity index (χ2v) is 11.4. The van der Waals surface area contributed by atoms with Crippen molar-refractivity contribution in [2.24, 2.45) is 5.92 Å². The summed E-state index contributed by atoms with van der Waals surface area (Å²) in [4.78, 5) is 0. The minimum atomic E-state index is -1.40. The molecule has 0 radical (unpaired) electrons. The molecule has 0 bridgehead atoms. The van der Waals surface area contributed by atoms with Gasteiger partial charge < -0.3 is 0 Å². The van der Waals surface area contributed by atoms with Crippen LogP contribution < -0.4 is 5.09 Å². The third-order valence-electron chi connectivity index (χ3n) is 5.25. The molecule has 118 valence electrons. The third-order valence-corrected chi connectivity index (χ3v) is 9.97. The number of nitrogens with one attached hydrogen (secondary N) is 1. The Labute approximate surface area is 131 Å². The van der Waals surface area contributed by atoms with Crippen LogP contribution in [0.3, 0.4) is 0 Å². The molecule has 0 unspecified atom stereocenters. The molecule has 1 aromatic carbocycles. The SMILES string of the molecule is C=C(CN[PH](CC)(CC)Cc1ccccc1)CC1CCC1. The second kappa shape index (κ2) is 8.11. The van der Waals surface area contributed by atoms with Crippen molar-refractivity contribution in [1.29, 1.82) is 0 Å². The van der Waals surface area contributed by atoms with Crippen LogP contribution in [0.1, 0.15) is 45.1 Å². The Bertz CT molecular complexity index is 432. The Balaban J connectivity index is 1.89. The van der Waals surface area contributed by atoms with Gasteiger partial charge in [-0.25, -0.2) is 0 Å². The Kier molecular flexibility index (Phi) is 6.45. The molecule has 0 spiro atoms. The zero-order valence-corrected chi connectivity index (χ0v) is 14.8. The average molecular weight is 305 g/mol. The van der Waals surface area contributed by atoms with Gasteiger partial charge in [-0.05, 0) is 0 Å². The molecular formula is C19H32NP. The van der Waals surface area contributed by atoms with Crippen LogP contribution in [0.2, 0.25) is 0 Å². The van der Waals surface area contributed by atoms with Gasteiger partial charge in [0.25, 0.3) is 0 Å². The molecule has 2 heteroatoms. The van der Waals surface area contributed by atoms with E-state index in [1.54, 1.807) is 0 Å². The van der Waals surface area contributed by atoms with Gasteiger partial charge in [-0.1, -0.05) is 0 Å². The van der Waals surface area contributed by atoms with Crippen LogP contribution in [0.25, 0.3) is 0 Å². The third kappa shape index (κ3) is 4.94. The molecule has 1 fully saturated rings. The Morgan fingerprint density at radius 2 is 1.86 bits per heavy atom. The number of hydrogen-bond acceptors (Lipinski definition) is 1. The zero-order valence-electron chi connectivity index (χ0n) is 13.8. The van der Waals surface area contributed by atoms with E-state index in [-0.39, 0.29) is 0 Å². The van der Waals surface area contributed by atoms with Gasteiger partial charge in [-0.2, -0.15) is 0 Å². The van der Waals surface area contributed by atoms with E-state index in [4.69, 9.17) is 0 Å². The maximum absolute atomic E-state index is 4.31. The summed E-state index contributed by atoms with van der Waals surface area (Å²) in [6, 6.07) is 11.0. The number of rotatable bonds is 9. The molecule has 1 saturated carbocycles. The second-order valence-electron chi connectivity index (χ2n) is 6.75. The maximum atomic E-state index is 4.31. The van der Waals surface area contributed by atoms with Crippen LogP contribution >= 0.6 is 7.41 Å². The molecule has 0 aromatic heterocycles. The molecule has 1 aromatic rings. The first-order valence-electron chi connectivity index (χ1n) is 8.63. The fraction of sp³-hybridized carbons (Fsp3) is 0.579. The molecule has 0 amide bonds. The average Bonchev–Trinajstić information content (AvgIpc) is 2.48. The van der Waals surface area contributed by atoms with Gasteiger partial charge in [-0.3, -0.25) is 0 Å². The van der Waals surface area contributed by atoms with E-state index in [2.05, 4.69) is 55.8 Å². The van der Waals surface area contributed by atoms with Crippen LogP contribution in [-0.2, 0) is 6.16 Å². The van der Waals surface area contributed by atoms with Crippen LogP contribution in [0, 0.1) is 5.92 Å². The molecular weight excluding hydrogens is 273 g/mol. The first-order valence-corrected chi connectivity index (χ1v) is 11.2. The molecule has 0 atom stereocenters. The van der Waals surface area contributed by atoms with Crippen molar-refractivity contribution in [2.75, 3.05) is 18.9 Å². The van der Waals surface area contributed by atoms with E-state index >= 15 is 0 Å². The summed E-state index contributed by atoms with van der Waals surface area (Å²) in [5.74, 6) is 0.938. The molecule has 1 aliphatic rings. The van der Waals surface area contributed by atoms with Gasteiger partial charge >= 0.3 is 131 Å². The first kappa shape index (κ1) is 16.7. The van der Waals surface area contributed by atoms with Crippen molar-refractivity contribution in [2.45, 2.75) is 45.7 Å². The van der Waals surface area contributed by atoms with E-state index in [9.17, 15) is 0 Å². The molecule has 1 nitrogen and oxygen atoms in total. The Morgan fingerprint density at radius 1 is 1.19 bits per heavy atom. The van der Waals surface area contributed by atoms with Gasteiger partial charge in [0.2, 0.25) is 0 Å². The summed E-state index contributed by atoms with van der Waals surface area (Å²) in [5.41, 5.74) is 2.91. The number of hydrogen-bond donors (Lipinski definition) is 1. The topological polar surface area (TPSA) is 12.0 Å². The zero-order chi connectivity index (χ0) is 15.1. The Hall–Kier alpha value is -0.650. The fourth-order valence-electron chi connectivity index (χ4n) is 3.29. The Morgan fingerprint density at radius 3 is 2.38 bits per heavy atom. The summed E-state index contributed by atoms with van der Waals surface area (Å²) >= 11 is 0. The van der Waals surface area contributed by atoms with Gasteiger partial charge in [-0.15, -0.1) is 0 Å². The van der Waals surface area contributed by atoms with E-state index < -0.39 is 7.41 Å². The fourth-order valence-corrected chi connectivity index (χ4v) is 6.56. The summed E-state index contributed by atoms with van der Waals surface area (Å²) in [6.45, 7) is 10.1. The quantitative estimate of drug-likeness (QED) is 0.487. The van der Waals surface area contributed by atoms with Crippen molar-refractivity contribution in [3.8, 4) is 0 Å². The molecule has 1 aliphatic carbocycles. The van der Waals surface area contributed by atoms with Crippen LogP contribution in [-0.4, -0.2) is 18.9 Å². The van der Waals surface area contributed by atoms with Gasteiger partial charge in [0.05, 0.1) is 0 Å². The van der Waals surface area contributed by atoms with Gasteiger partial charge in [0.1, 0.15) is 0 Å².